The molecule has 1 aromatic heterocycles. The average Bonchev–Trinajstić information content (AvgIpc) is 2.85. The van der Waals surface area contributed by atoms with E-state index >= 15 is 0 Å². The maximum atomic E-state index is 11.7. The number of hydrogen-bond donors (Lipinski definition) is 1. The molecule has 1 saturated heterocycles. The van der Waals surface area contributed by atoms with Gasteiger partial charge in [0.15, 0.2) is 0 Å². The highest BCUT2D eigenvalue weighted by Gasteiger charge is 2.20. The van der Waals surface area contributed by atoms with Crippen LogP contribution in [0.1, 0.15) is 12.8 Å². The molecule has 1 fully saturated rings. The minimum atomic E-state index is -0.373. The molecule has 0 aromatic carbocycles. The fourth-order valence-electron chi connectivity index (χ4n) is 1.71. The lowest BCUT2D eigenvalue weighted by Crippen LogP contribution is -2.30. The summed E-state index contributed by atoms with van der Waals surface area (Å²) < 4.78 is 10.1. The molecule has 2 rings (SSSR count). The van der Waals surface area contributed by atoms with Crippen LogP contribution in [0.5, 0.6) is 11.8 Å². The molecule has 1 aliphatic rings. The van der Waals surface area contributed by atoms with Crippen LogP contribution in [0, 0.1) is 0 Å². The molecule has 0 atom stereocenters. The van der Waals surface area contributed by atoms with Crippen molar-refractivity contribution in [3.8, 4) is 11.8 Å². The van der Waals surface area contributed by atoms with E-state index in [2.05, 4.69) is 4.98 Å². The average molecular weight is 237 g/mol. The van der Waals surface area contributed by atoms with Gasteiger partial charge in [0.2, 0.25) is 11.8 Å². The summed E-state index contributed by atoms with van der Waals surface area (Å²) in [5, 5.41) is 0. The SMILES string of the molecule is COc1nc(OC(=O)N2CCCC2)ccc1N. The minimum absolute atomic E-state index is 0.202. The molecule has 0 radical (unpaired) electrons. The second kappa shape index (κ2) is 4.90. The lowest BCUT2D eigenvalue weighted by molar-refractivity contribution is 0.160. The van der Waals surface area contributed by atoms with E-state index in [4.69, 9.17) is 15.2 Å². The van der Waals surface area contributed by atoms with Gasteiger partial charge in [0.05, 0.1) is 12.8 Å². The van der Waals surface area contributed by atoms with Gasteiger partial charge in [-0.2, -0.15) is 4.98 Å². The van der Waals surface area contributed by atoms with Gasteiger partial charge in [-0.25, -0.2) is 4.79 Å². The topological polar surface area (TPSA) is 77.7 Å². The maximum absolute atomic E-state index is 11.7. The van der Waals surface area contributed by atoms with E-state index in [0.717, 1.165) is 25.9 Å². The van der Waals surface area contributed by atoms with Crippen LogP contribution in [0.3, 0.4) is 0 Å². The van der Waals surface area contributed by atoms with Crippen LogP contribution in [0.4, 0.5) is 10.5 Å². The Hall–Kier alpha value is -1.98. The Kier molecular flexibility index (Phi) is 3.32. The van der Waals surface area contributed by atoms with E-state index < -0.39 is 0 Å². The number of nitrogens with two attached hydrogens (primary N) is 1. The number of anilines is 1. The number of hydrogen-bond acceptors (Lipinski definition) is 5. The van der Waals surface area contributed by atoms with Gasteiger partial charge in [0, 0.05) is 19.2 Å². The normalized spacial score (nSPS) is 14.8. The number of pyridine rings is 1. The number of aromatic nitrogens is 1. The number of nitrogens with zero attached hydrogens (tertiary/aromatic N) is 2. The zero-order valence-corrected chi connectivity index (χ0v) is 9.68. The summed E-state index contributed by atoms with van der Waals surface area (Å²) in [5.41, 5.74) is 6.03. The summed E-state index contributed by atoms with van der Waals surface area (Å²) >= 11 is 0. The molecule has 92 valence electrons. The third-order valence-electron chi connectivity index (χ3n) is 2.61. The van der Waals surface area contributed by atoms with Gasteiger partial charge in [-0.15, -0.1) is 0 Å². The minimum Gasteiger partial charge on any atom is -0.479 e. The molecular formula is C11H15N3O3. The van der Waals surface area contributed by atoms with Gasteiger partial charge in [-0.3, -0.25) is 0 Å². The van der Waals surface area contributed by atoms with Crippen LogP contribution in [0.25, 0.3) is 0 Å². The summed E-state index contributed by atoms with van der Waals surface area (Å²) in [6, 6.07) is 3.14. The first-order valence-corrected chi connectivity index (χ1v) is 5.48. The van der Waals surface area contributed by atoms with E-state index in [-0.39, 0.29) is 17.9 Å². The molecule has 1 aliphatic heterocycles. The third-order valence-corrected chi connectivity index (χ3v) is 2.61. The summed E-state index contributed by atoms with van der Waals surface area (Å²) in [6.45, 7) is 1.48. The number of carbonyl (C=O) groups excluding carboxylic acids is 1. The molecule has 0 aliphatic carbocycles. The van der Waals surface area contributed by atoms with Crippen LogP contribution in [-0.2, 0) is 0 Å². The van der Waals surface area contributed by atoms with Crippen molar-refractivity contribution in [2.24, 2.45) is 0 Å². The fourth-order valence-corrected chi connectivity index (χ4v) is 1.71. The van der Waals surface area contributed by atoms with Gasteiger partial charge in [0.25, 0.3) is 0 Å². The molecule has 6 heteroatoms. The fraction of sp³-hybridized carbons (Fsp3) is 0.455. The van der Waals surface area contributed by atoms with Gasteiger partial charge in [-0.05, 0) is 18.9 Å². The molecule has 2 N–H and O–H groups in total. The monoisotopic (exact) mass is 237 g/mol. The van der Waals surface area contributed by atoms with Crippen molar-refractivity contribution in [1.82, 2.24) is 9.88 Å². The molecule has 6 nitrogen and oxygen atoms in total. The first kappa shape index (κ1) is 11.5. The van der Waals surface area contributed by atoms with Crippen molar-refractivity contribution >= 4 is 11.8 Å². The van der Waals surface area contributed by atoms with Crippen LogP contribution in [-0.4, -0.2) is 36.2 Å². The zero-order chi connectivity index (χ0) is 12.3. The van der Waals surface area contributed by atoms with Crippen molar-refractivity contribution < 1.29 is 14.3 Å². The van der Waals surface area contributed by atoms with Gasteiger partial charge in [-0.1, -0.05) is 0 Å². The smallest absolute Gasteiger partial charge is 0.416 e. The molecule has 0 saturated carbocycles. The Morgan fingerprint density at radius 1 is 1.41 bits per heavy atom. The van der Waals surface area contributed by atoms with Gasteiger partial charge >= 0.3 is 6.09 Å². The van der Waals surface area contributed by atoms with E-state index in [1.54, 1.807) is 17.0 Å². The number of ether oxygens (including phenoxy) is 2. The molecule has 1 aromatic rings. The standard InChI is InChI=1S/C11H15N3O3/c1-16-10-8(12)4-5-9(13-10)17-11(15)14-6-2-3-7-14/h4-5H,2-3,6-7,12H2,1H3. The van der Waals surface area contributed by atoms with E-state index in [0.29, 0.717) is 5.69 Å². The van der Waals surface area contributed by atoms with E-state index in [9.17, 15) is 4.79 Å². The Balaban J connectivity index is 2.05. The zero-order valence-electron chi connectivity index (χ0n) is 9.68. The summed E-state index contributed by atoms with van der Waals surface area (Å²) in [7, 11) is 1.46. The maximum Gasteiger partial charge on any atom is 0.416 e. The predicted octanol–water partition coefficient (Wildman–Crippen LogP) is 1.27. The molecule has 0 spiro atoms. The molecule has 1 amide bonds. The largest absolute Gasteiger partial charge is 0.479 e. The number of amides is 1. The highest BCUT2D eigenvalue weighted by atomic mass is 16.6. The molecule has 17 heavy (non-hydrogen) atoms. The number of methoxy groups -OCH3 is 1. The Morgan fingerprint density at radius 3 is 2.76 bits per heavy atom. The van der Waals surface area contributed by atoms with Crippen LogP contribution < -0.4 is 15.2 Å². The second-order valence-electron chi connectivity index (χ2n) is 3.81. The highest BCUT2D eigenvalue weighted by Crippen LogP contribution is 2.22. The lowest BCUT2D eigenvalue weighted by Gasteiger charge is -2.14. The Morgan fingerprint density at radius 2 is 2.12 bits per heavy atom. The van der Waals surface area contributed by atoms with Crippen molar-refractivity contribution in [2.75, 3.05) is 25.9 Å². The second-order valence-corrected chi connectivity index (χ2v) is 3.81. The van der Waals surface area contributed by atoms with E-state index in [1.165, 1.54) is 7.11 Å². The molecule has 0 bridgehead atoms. The highest BCUT2D eigenvalue weighted by molar-refractivity contribution is 5.70. The van der Waals surface area contributed by atoms with Crippen molar-refractivity contribution in [1.29, 1.82) is 0 Å². The Labute approximate surface area is 99.3 Å². The quantitative estimate of drug-likeness (QED) is 0.838. The molecular weight excluding hydrogens is 222 g/mol. The van der Waals surface area contributed by atoms with Crippen LogP contribution in [0.15, 0.2) is 12.1 Å². The number of rotatable bonds is 2. The van der Waals surface area contributed by atoms with E-state index in [1.807, 2.05) is 0 Å². The van der Waals surface area contributed by atoms with Crippen LogP contribution in [0.2, 0.25) is 0 Å². The summed E-state index contributed by atoms with van der Waals surface area (Å²) in [6.07, 6.45) is 1.67. The van der Waals surface area contributed by atoms with Crippen LogP contribution >= 0.6 is 0 Å². The number of carbonyl (C=O) groups is 1. The first-order valence-electron chi connectivity index (χ1n) is 5.48. The summed E-state index contributed by atoms with van der Waals surface area (Å²) in [4.78, 5) is 17.3. The Bertz CT molecular complexity index is 416. The number of likely N-dealkylation sites (tertiary alicyclic amines) is 1. The lowest BCUT2D eigenvalue weighted by atomic mass is 10.4. The summed E-state index contributed by atoms with van der Waals surface area (Å²) in [5.74, 6) is 0.463. The molecule has 0 unspecified atom stereocenters. The van der Waals surface area contributed by atoms with Gasteiger partial charge in [0.1, 0.15) is 0 Å². The van der Waals surface area contributed by atoms with Crippen molar-refractivity contribution in [3.63, 3.8) is 0 Å². The number of nitrogen functional groups attached to an aromatic ring is 1. The van der Waals surface area contributed by atoms with Crippen molar-refractivity contribution in [3.05, 3.63) is 12.1 Å². The first-order chi connectivity index (χ1) is 8.20. The van der Waals surface area contributed by atoms with Gasteiger partial charge < -0.3 is 20.1 Å². The van der Waals surface area contributed by atoms with Crippen molar-refractivity contribution in [2.45, 2.75) is 12.8 Å². The predicted molar refractivity (Wildman–Crippen MR) is 62.0 cm³/mol. The molecule has 2 heterocycles. The third kappa shape index (κ3) is 2.58.